The van der Waals surface area contributed by atoms with Gasteiger partial charge in [-0.1, -0.05) is 13.0 Å². The zero-order chi connectivity index (χ0) is 8.18. The van der Waals surface area contributed by atoms with Gasteiger partial charge >= 0.3 is 0 Å². The first-order valence-electron chi connectivity index (χ1n) is 4.38. The number of fused-ring (bicyclic) bond motifs is 1. The molecule has 2 atom stereocenters. The molecule has 2 heterocycles. The lowest BCUT2D eigenvalue weighted by atomic mass is 10.1. The van der Waals surface area contributed by atoms with Gasteiger partial charge in [-0.2, -0.15) is 0 Å². The maximum Gasteiger partial charge on any atom is 0.0557 e. The van der Waals surface area contributed by atoms with E-state index < -0.39 is 0 Å². The number of aliphatic imine (C=N–C) groups is 1. The van der Waals surface area contributed by atoms with Crippen LogP contribution in [0.15, 0.2) is 22.5 Å². The Bertz CT molecular complexity index is 339. The van der Waals surface area contributed by atoms with Crippen LogP contribution in [0.2, 0.25) is 0 Å². The van der Waals surface area contributed by atoms with E-state index in [2.05, 4.69) is 29.4 Å². The van der Waals surface area contributed by atoms with Gasteiger partial charge in [-0.15, -0.1) is 11.3 Å². The van der Waals surface area contributed by atoms with Crippen LogP contribution >= 0.6 is 11.3 Å². The lowest BCUT2D eigenvalue weighted by Gasteiger charge is -1.95. The van der Waals surface area contributed by atoms with E-state index in [1.807, 2.05) is 11.3 Å². The van der Waals surface area contributed by atoms with Crippen molar-refractivity contribution >= 4 is 17.0 Å². The van der Waals surface area contributed by atoms with E-state index in [0.29, 0.717) is 5.41 Å². The average Bonchev–Trinajstić information content (AvgIpc) is 2.55. The first-order chi connectivity index (χ1) is 5.80. The maximum absolute atomic E-state index is 4.61. The molecule has 1 aromatic rings. The molecule has 62 valence electrons. The van der Waals surface area contributed by atoms with Gasteiger partial charge in [-0.3, -0.25) is 4.99 Å². The third-order valence-electron chi connectivity index (χ3n) is 3.07. The molecule has 1 aromatic heterocycles. The molecule has 0 spiro atoms. The summed E-state index contributed by atoms with van der Waals surface area (Å²) in [6.07, 6.45) is 1.36. The number of nitrogens with zero attached hydrogens (tertiary/aromatic N) is 1. The molecule has 1 aliphatic heterocycles. The van der Waals surface area contributed by atoms with Crippen molar-refractivity contribution in [2.24, 2.45) is 16.3 Å². The topological polar surface area (TPSA) is 12.4 Å². The van der Waals surface area contributed by atoms with Crippen molar-refractivity contribution in [3.05, 3.63) is 22.4 Å². The fourth-order valence-corrected chi connectivity index (χ4v) is 2.85. The highest BCUT2D eigenvalue weighted by Gasteiger charge is 2.56. The SMILES string of the molecule is CC12CN=C(c3cccs3)[C@@H]1C2. The summed E-state index contributed by atoms with van der Waals surface area (Å²) in [4.78, 5) is 6.00. The third kappa shape index (κ3) is 0.761. The van der Waals surface area contributed by atoms with Crippen LogP contribution in [-0.4, -0.2) is 12.3 Å². The van der Waals surface area contributed by atoms with Gasteiger partial charge in [0.25, 0.3) is 0 Å². The van der Waals surface area contributed by atoms with Crippen molar-refractivity contribution in [2.45, 2.75) is 13.3 Å². The van der Waals surface area contributed by atoms with Crippen molar-refractivity contribution in [3.63, 3.8) is 0 Å². The molecule has 0 radical (unpaired) electrons. The zero-order valence-corrected chi connectivity index (χ0v) is 7.90. The molecule has 0 bridgehead atoms. The van der Waals surface area contributed by atoms with Gasteiger partial charge in [0.1, 0.15) is 0 Å². The predicted octanol–water partition coefficient (Wildman–Crippen LogP) is 2.58. The van der Waals surface area contributed by atoms with Gasteiger partial charge in [0.15, 0.2) is 0 Å². The third-order valence-corrected chi connectivity index (χ3v) is 3.96. The Hall–Kier alpha value is -0.630. The first-order valence-corrected chi connectivity index (χ1v) is 5.26. The monoisotopic (exact) mass is 177 g/mol. The van der Waals surface area contributed by atoms with Crippen LogP contribution in [0.1, 0.15) is 18.2 Å². The minimum atomic E-state index is 0.555. The summed E-state index contributed by atoms with van der Waals surface area (Å²) < 4.78 is 0. The molecular formula is C10H11NS. The zero-order valence-electron chi connectivity index (χ0n) is 7.08. The second-order valence-electron chi connectivity index (χ2n) is 4.09. The number of hydrogen-bond donors (Lipinski definition) is 0. The Morgan fingerprint density at radius 1 is 1.67 bits per heavy atom. The quantitative estimate of drug-likeness (QED) is 0.625. The fourth-order valence-electron chi connectivity index (χ4n) is 2.06. The Kier molecular flexibility index (Phi) is 1.14. The number of thiophene rings is 1. The van der Waals surface area contributed by atoms with E-state index in [1.165, 1.54) is 17.0 Å². The van der Waals surface area contributed by atoms with Crippen LogP contribution in [0.3, 0.4) is 0 Å². The van der Waals surface area contributed by atoms with Crippen LogP contribution in [0.4, 0.5) is 0 Å². The van der Waals surface area contributed by atoms with E-state index in [9.17, 15) is 0 Å². The highest BCUT2D eigenvalue weighted by molar-refractivity contribution is 7.12. The second-order valence-corrected chi connectivity index (χ2v) is 5.04. The molecule has 12 heavy (non-hydrogen) atoms. The van der Waals surface area contributed by atoms with Gasteiger partial charge in [-0.05, 0) is 23.3 Å². The van der Waals surface area contributed by atoms with E-state index in [-0.39, 0.29) is 0 Å². The molecule has 1 aliphatic carbocycles. The van der Waals surface area contributed by atoms with Crippen LogP contribution in [0.5, 0.6) is 0 Å². The molecule has 2 aliphatic rings. The van der Waals surface area contributed by atoms with Crippen LogP contribution in [-0.2, 0) is 0 Å². The molecule has 0 amide bonds. The summed E-state index contributed by atoms with van der Waals surface area (Å²) in [6, 6.07) is 4.30. The summed E-state index contributed by atoms with van der Waals surface area (Å²) in [5.41, 5.74) is 1.94. The van der Waals surface area contributed by atoms with Crippen molar-refractivity contribution < 1.29 is 0 Å². The normalized spacial score (nSPS) is 37.8. The Labute approximate surface area is 76.1 Å². The van der Waals surface area contributed by atoms with E-state index in [4.69, 9.17) is 0 Å². The highest BCUT2D eigenvalue weighted by atomic mass is 32.1. The lowest BCUT2D eigenvalue weighted by Crippen LogP contribution is -1.99. The molecule has 0 aromatic carbocycles. The van der Waals surface area contributed by atoms with Gasteiger partial charge < -0.3 is 0 Å². The largest absolute Gasteiger partial charge is 0.287 e. The first kappa shape index (κ1) is 6.84. The predicted molar refractivity (Wildman–Crippen MR) is 51.9 cm³/mol. The molecule has 0 saturated heterocycles. The summed E-state index contributed by atoms with van der Waals surface area (Å²) >= 11 is 1.82. The second kappa shape index (κ2) is 1.99. The number of hydrogen-bond acceptors (Lipinski definition) is 2. The molecule has 1 nitrogen and oxygen atoms in total. The average molecular weight is 177 g/mol. The number of rotatable bonds is 1. The van der Waals surface area contributed by atoms with Gasteiger partial charge in [0.05, 0.1) is 5.71 Å². The minimum Gasteiger partial charge on any atom is -0.287 e. The van der Waals surface area contributed by atoms with Crippen molar-refractivity contribution in [1.82, 2.24) is 0 Å². The molecule has 1 fully saturated rings. The smallest absolute Gasteiger partial charge is 0.0557 e. The van der Waals surface area contributed by atoms with Crippen LogP contribution in [0, 0.1) is 11.3 Å². The van der Waals surface area contributed by atoms with Crippen molar-refractivity contribution in [1.29, 1.82) is 0 Å². The van der Waals surface area contributed by atoms with E-state index in [0.717, 1.165) is 12.5 Å². The molecule has 2 heteroatoms. The Morgan fingerprint density at radius 2 is 2.58 bits per heavy atom. The minimum absolute atomic E-state index is 0.555. The summed E-state index contributed by atoms with van der Waals surface area (Å²) in [5, 5.41) is 2.13. The standard InChI is InChI=1S/C10H11NS/c1-10-5-7(10)9(11-6-10)8-3-2-4-12-8/h2-4,7H,5-6H2,1H3/t7-,10?/m0/s1. The van der Waals surface area contributed by atoms with E-state index >= 15 is 0 Å². The molecule has 3 rings (SSSR count). The van der Waals surface area contributed by atoms with Crippen molar-refractivity contribution in [2.75, 3.05) is 6.54 Å². The maximum atomic E-state index is 4.61. The van der Waals surface area contributed by atoms with Crippen LogP contribution < -0.4 is 0 Å². The summed E-state index contributed by atoms with van der Waals surface area (Å²) in [7, 11) is 0. The highest BCUT2D eigenvalue weighted by Crippen LogP contribution is 2.57. The molecule has 1 unspecified atom stereocenters. The van der Waals surface area contributed by atoms with E-state index in [1.54, 1.807) is 0 Å². The van der Waals surface area contributed by atoms with Crippen molar-refractivity contribution in [3.8, 4) is 0 Å². The molecule has 1 saturated carbocycles. The van der Waals surface area contributed by atoms with Gasteiger partial charge in [0.2, 0.25) is 0 Å². The van der Waals surface area contributed by atoms with Crippen LogP contribution in [0.25, 0.3) is 0 Å². The Morgan fingerprint density at radius 3 is 3.08 bits per heavy atom. The lowest BCUT2D eigenvalue weighted by molar-refractivity contribution is 0.592. The van der Waals surface area contributed by atoms with Gasteiger partial charge in [0, 0.05) is 17.3 Å². The van der Waals surface area contributed by atoms with Gasteiger partial charge in [-0.25, -0.2) is 0 Å². The summed E-state index contributed by atoms with van der Waals surface area (Å²) in [5.74, 6) is 0.788. The molecular weight excluding hydrogens is 166 g/mol. The Balaban J connectivity index is 1.97. The molecule has 0 N–H and O–H groups in total. The summed E-state index contributed by atoms with van der Waals surface area (Å²) in [6.45, 7) is 3.41. The fraction of sp³-hybridized carbons (Fsp3) is 0.500.